The van der Waals surface area contributed by atoms with Crippen LogP contribution in [0.25, 0.3) is 0 Å². The molecule has 1 unspecified atom stereocenters. The number of nitrogens with one attached hydrogen (secondary N) is 2. The zero-order chi connectivity index (χ0) is 14.8. The molecule has 5 heteroatoms. The monoisotopic (exact) mass is 307 g/mol. The molecule has 2 N–H and O–H groups in total. The number of halogens is 1. The highest BCUT2D eigenvalue weighted by molar-refractivity contribution is 6.31. The summed E-state index contributed by atoms with van der Waals surface area (Å²) in [5.74, 6) is -0.0314. The quantitative estimate of drug-likeness (QED) is 0.879. The van der Waals surface area contributed by atoms with Gasteiger partial charge in [-0.3, -0.25) is 9.69 Å². The molecule has 4 nitrogen and oxygen atoms in total. The topological polar surface area (TPSA) is 44.4 Å². The lowest BCUT2D eigenvalue weighted by molar-refractivity contribution is 0.0938. The Morgan fingerprint density at radius 3 is 2.90 bits per heavy atom. The zero-order valence-electron chi connectivity index (χ0n) is 12.4. The van der Waals surface area contributed by atoms with Gasteiger partial charge in [0, 0.05) is 42.4 Å². The van der Waals surface area contributed by atoms with E-state index in [0.29, 0.717) is 10.6 Å². The van der Waals surface area contributed by atoms with Gasteiger partial charge in [-0.05, 0) is 44.4 Å². The van der Waals surface area contributed by atoms with Gasteiger partial charge < -0.3 is 10.6 Å². The van der Waals surface area contributed by atoms with E-state index < -0.39 is 0 Å². The summed E-state index contributed by atoms with van der Waals surface area (Å²) in [4.78, 5) is 15.0. The molecule has 1 aliphatic heterocycles. The van der Waals surface area contributed by atoms with Gasteiger partial charge in [0.2, 0.25) is 0 Å². The number of hydrogen-bond acceptors (Lipinski definition) is 3. The van der Waals surface area contributed by atoms with Crippen LogP contribution in [-0.2, 0) is 0 Å². The van der Waals surface area contributed by atoms with Gasteiger partial charge >= 0.3 is 0 Å². The van der Waals surface area contributed by atoms with Crippen molar-refractivity contribution in [2.75, 3.05) is 25.0 Å². The molecule has 3 rings (SSSR count). The minimum Gasteiger partial charge on any atom is -0.385 e. The average molecular weight is 308 g/mol. The fraction of sp³-hybridized carbons (Fsp3) is 0.562. The molecule has 2 fully saturated rings. The molecular weight excluding hydrogens is 286 g/mol. The number of hydrogen-bond donors (Lipinski definition) is 2. The number of likely N-dealkylation sites (tertiary alicyclic amines) is 1. The van der Waals surface area contributed by atoms with Gasteiger partial charge in [0.1, 0.15) is 0 Å². The molecule has 1 heterocycles. The summed E-state index contributed by atoms with van der Waals surface area (Å²) in [6.07, 6.45) is 3.68. The molecule has 1 aliphatic carbocycles. The second kappa shape index (κ2) is 6.24. The summed E-state index contributed by atoms with van der Waals surface area (Å²) < 4.78 is 0. The molecule has 0 aromatic heterocycles. The Balaban J connectivity index is 1.66. The highest BCUT2D eigenvalue weighted by Crippen LogP contribution is 2.30. The standard InChI is InChI=1S/C16H22ClN3O/c1-2-18-15-6-3-11(17)9-14(15)16(21)19-12-7-8-20(10-12)13-4-5-13/h3,6,9,12-13,18H,2,4-5,7-8,10H2,1H3,(H,19,21). The third-order valence-electron chi connectivity index (χ3n) is 4.21. The Morgan fingerprint density at radius 2 is 2.19 bits per heavy atom. The van der Waals surface area contributed by atoms with Crippen LogP contribution in [0.3, 0.4) is 0 Å². The van der Waals surface area contributed by atoms with Gasteiger partial charge in [-0.15, -0.1) is 0 Å². The maximum atomic E-state index is 12.5. The average Bonchev–Trinajstić information content (AvgIpc) is 3.22. The molecule has 114 valence electrons. The molecule has 0 bridgehead atoms. The predicted octanol–water partition coefficient (Wildman–Crippen LogP) is 2.74. The van der Waals surface area contributed by atoms with Gasteiger partial charge in [-0.1, -0.05) is 11.6 Å². The zero-order valence-corrected chi connectivity index (χ0v) is 13.1. The number of benzene rings is 1. The highest BCUT2D eigenvalue weighted by Gasteiger charge is 2.34. The van der Waals surface area contributed by atoms with Gasteiger partial charge in [0.05, 0.1) is 5.56 Å². The summed E-state index contributed by atoms with van der Waals surface area (Å²) in [5, 5.41) is 6.96. The van der Waals surface area contributed by atoms with Crippen LogP contribution in [0.4, 0.5) is 5.69 Å². The van der Waals surface area contributed by atoms with Crippen LogP contribution in [0.2, 0.25) is 5.02 Å². The Hall–Kier alpha value is -1.26. The van der Waals surface area contributed by atoms with Crippen LogP contribution in [0, 0.1) is 0 Å². The van der Waals surface area contributed by atoms with Crippen LogP contribution >= 0.6 is 11.6 Å². The van der Waals surface area contributed by atoms with Gasteiger partial charge in [0.15, 0.2) is 0 Å². The molecule has 1 atom stereocenters. The fourth-order valence-electron chi connectivity index (χ4n) is 2.99. The van der Waals surface area contributed by atoms with E-state index >= 15 is 0 Å². The van der Waals surface area contributed by atoms with Crippen LogP contribution in [0.1, 0.15) is 36.5 Å². The molecule has 1 saturated heterocycles. The van der Waals surface area contributed by atoms with E-state index in [4.69, 9.17) is 11.6 Å². The molecule has 1 amide bonds. The van der Waals surface area contributed by atoms with Crippen molar-refractivity contribution in [3.63, 3.8) is 0 Å². The number of nitrogens with zero attached hydrogens (tertiary/aromatic N) is 1. The lowest BCUT2D eigenvalue weighted by Gasteiger charge is -2.17. The third kappa shape index (κ3) is 3.50. The van der Waals surface area contributed by atoms with E-state index in [2.05, 4.69) is 15.5 Å². The second-order valence-corrected chi connectivity index (χ2v) is 6.34. The van der Waals surface area contributed by atoms with E-state index in [9.17, 15) is 4.79 Å². The first kappa shape index (κ1) is 14.7. The minimum absolute atomic E-state index is 0.0314. The summed E-state index contributed by atoms with van der Waals surface area (Å²) in [7, 11) is 0. The molecule has 1 saturated carbocycles. The van der Waals surface area contributed by atoms with Crippen LogP contribution in [0.15, 0.2) is 18.2 Å². The Kier molecular flexibility index (Phi) is 4.36. The number of rotatable bonds is 5. The number of carbonyl (C=O) groups excluding carboxylic acids is 1. The number of anilines is 1. The van der Waals surface area contributed by atoms with Crippen molar-refractivity contribution in [3.05, 3.63) is 28.8 Å². The second-order valence-electron chi connectivity index (χ2n) is 5.91. The highest BCUT2D eigenvalue weighted by atomic mass is 35.5. The smallest absolute Gasteiger partial charge is 0.253 e. The van der Waals surface area contributed by atoms with Crippen LogP contribution < -0.4 is 10.6 Å². The normalized spacial score (nSPS) is 22.3. The van der Waals surface area contributed by atoms with Crippen molar-refractivity contribution in [1.29, 1.82) is 0 Å². The number of carbonyl (C=O) groups is 1. The van der Waals surface area contributed by atoms with Crippen molar-refractivity contribution in [3.8, 4) is 0 Å². The molecule has 1 aromatic rings. The first-order valence-corrected chi connectivity index (χ1v) is 8.13. The fourth-order valence-corrected chi connectivity index (χ4v) is 3.16. The molecule has 21 heavy (non-hydrogen) atoms. The van der Waals surface area contributed by atoms with Crippen LogP contribution in [0.5, 0.6) is 0 Å². The van der Waals surface area contributed by atoms with Crippen molar-refractivity contribution in [2.24, 2.45) is 0 Å². The maximum absolute atomic E-state index is 12.5. The third-order valence-corrected chi connectivity index (χ3v) is 4.45. The number of amides is 1. The Labute approximate surface area is 130 Å². The van der Waals surface area contributed by atoms with Gasteiger partial charge in [-0.25, -0.2) is 0 Å². The minimum atomic E-state index is -0.0314. The van der Waals surface area contributed by atoms with E-state index in [1.807, 2.05) is 13.0 Å². The van der Waals surface area contributed by atoms with Crippen molar-refractivity contribution >= 4 is 23.2 Å². The molecule has 0 radical (unpaired) electrons. The van der Waals surface area contributed by atoms with Gasteiger partial charge in [0.25, 0.3) is 5.91 Å². The molecule has 0 spiro atoms. The summed E-state index contributed by atoms with van der Waals surface area (Å²) in [5.41, 5.74) is 1.48. The first-order valence-electron chi connectivity index (χ1n) is 7.75. The van der Waals surface area contributed by atoms with E-state index in [-0.39, 0.29) is 11.9 Å². The molecule has 1 aromatic carbocycles. The van der Waals surface area contributed by atoms with Crippen molar-refractivity contribution in [1.82, 2.24) is 10.2 Å². The summed E-state index contributed by atoms with van der Waals surface area (Å²) in [6.45, 7) is 4.88. The first-order chi connectivity index (χ1) is 10.2. The molecular formula is C16H22ClN3O. The maximum Gasteiger partial charge on any atom is 0.253 e. The Morgan fingerprint density at radius 1 is 1.38 bits per heavy atom. The van der Waals surface area contributed by atoms with Crippen molar-refractivity contribution < 1.29 is 4.79 Å². The predicted molar refractivity (Wildman–Crippen MR) is 86.1 cm³/mol. The van der Waals surface area contributed by atoms with Gasteiger partial charge in [-0.2, -0.15) is 0 Å². The van der Waals surface area contributed by atoms with E-state index in [0.717, 1.165) is 37.8 Å². The largest absolute Gasteiger partial charge is 0.385 e. The van der Waals surface area contributed by atoms with E-state index in [1.54, 1.807) is 12.1 Å². The molecule has 2 aliphatic rings. The SMILES string of the molecule is CCNc1ccc(Cl)cc1C(=O)NC1CCN(C2CC2)C1. The summed E-state index contributed by atoms with van der Waals surface area (Å²) >= 11 is 6.03. The van der Waals surface area contributed by atoms with Crippen molar-refractivity contribution in [2.45, 2.75) is 38.3 Å². The van der Waals surface area contributed by atoms with Crippen LogP contribution in [-0.4, -0.2) is 42.5 Å². The Bertz CT molecular complexity index is 530. The lowest BCUT2D eigenvalue weighted by Crippen LogP contribution is -2.37. The summed E-state index contributed by atoms with van der Waals surface area (Å²) in [6, 6.07) is 6.44. The van der Waals surface area contributed by atoms with E-state index in [1.165, 1.54) is 12.8 Å². The lowest BCUT2D eigenvalue weighted by atomic mass is 10.1.